The molecular formula is C50H90N10O13S. The number of aromatic hydroxyl groups is 1. The Balaban J connectivity index is 0.0000266. The van der Waals surface area contributed by atoms with Gasteiger partial charge in [0.1, 0.15) is 19.0 Å². The molecule has 24 heteroatoms. The molecule has 0 aliphatic carbocycles. The number of nitrogens with two attached hydrogens (primary N) is 1. The number of aromatic nitrogens is 4. The van der Waals surface area contributed by atoms with Gasteiger partial charge in [-0.05, 0) is 55.7 Å². The van der Waals surface area contributed by atoms with Crippen molar-refractivity contribution >= 4 is 47.3 Å². The first-order valence-electron chi connectivity index (χ1n) is 26.1. The normalized spacial score (nSPS) is 12.1. The Hall–Kier alpha value is -4.82. The summed E-state index contributed by atoms with van der Waals surface area (Å²) < 4.78 is 24.6. The van der Waals surface area contributed by atoms with E-state index in [2.05, 4.69) is 46.6 Å². The van der Waals surface area contributed by atoms with Crippen LogP contribution < -0.4 is 31.7 Å². The lowest BCUT2D eigenvalue weighted by atomic mass is 9.95. The zero-order valence-corrected chi connectivity index (χ0v) is 44.8. The van der Waals surface area contributed by atoms with Gasteiger partial charge in [0.05, 0.1) is 58.3 Å². The Kier molecular flexibility index (Phi) is 43.7. The van der Waals surface area contributed by atoms with Gasteiger partial charge < -0.3 is 61.4 Å². The van der Waals surface area contributed by atoms with Crippen LogP contribution >= 0.6 is 11.9 Å². The minimum atomic E-state index is -0.821. The molecule has 5 amide bonds. The number of carbonyl (C=O) groups is 6. The molecule has 2 aromatic rings. The number of primary amides is 1. The molecule has 0 radical (unpaired) electrons. The van der Waals surface area contributed by atoms with Crippen molar-refractivity contribution in [2.24, 2.45) is 11.7 Å². The number of hydrogen-bond donors (Lipinski definition) is 8. The van der Waals surface area contributed by atoms with E-state index in [9.17, 15) is 33.9 Å². The highest BCUT2D eigenvalue weighted by Gasteiger charge is 2.27. The molecule has 2 rings (SSSR count). The lowest BCUT2D eigenvalue weighted by Crippen LogP contribution is -2.52. The number of aryl methyl sites for hydroxylation is 1. The molecule has 1 aromatic carbocycles. The Morgan fingerprint density at radius 3 is 1.77 bits per heavy atom. The van der Waals surface area contributed by atoms with E-state index in [0.29, 0.717) is 32.4 Å². The lowest BCUT2D eigenvalue weighted by Gasteiger charge is -2.24. The number of Topliss-reactive ketones (excluding diaryl/α,β-unsaturated/α-hetero) is 1. The Morgan fingerprint density at radius 1 is 0.676 bits per heavy atom. The molecule has 0 bridgehead atoms. The molecule has 3 atom stereocenters. The van der Waals surface area contributed by atoms with Crippen molar-refractivity contribution in [2.75, 3.05) is 78.2 Å². The Labute approximate surface area is 441 Å². The summed E-state index contributed by atoms with van der Waals surface area (Å²) in [5, 5.41) is 34.7. The molecule has 1 heterocycles. The molecule has 0 unspecified atom stereocenters. The Bertz CT molecular complexity index is 1750. The predicted molar refractivity (Wildman–Crippen MR) is 283 cm³/mol. The van der Waals surface area contributed by atoms with Gasteiger partial charge in [-0.2, -0.15) is 5.21 Å². The number of H-pyrrole nitrogens is 1. The average Bonchev–Trinajstić information content (AvgIpc) is 3.89. The summed E-state index contributed by atoms with van der Waals surface area (Å²) >= 11 is 1.41. The molecule has 0 saturated heterocycles. The first-order valence-corrected chi connectivity index (χ1v) is 27.1. The molecule has 0 fully saturated rings. The zero-order chi connectivity index (χ0) is 52.3. The fraction of sp³-hybridized carbons (Fsp3) is 0.740. The maximum atomic E-state index is 13.1. The van der Waals surface area contributed by atoms with Crippen molar-refractivity contribution in [1.29, 1.82) is 0 Å². The summed E-state index contributed by atoms with van der Waals surface area (Å²) in [4.78, 5) is 74.1. The third kappa shape index (κ3) is 37.8. The van der Waals surface area contributed by atoms with Gasteiger partial charge in [0.25, 0.3) is 0 Å². The summed E-state index contributed by atoms with van der Waals surface area (Å²) in [6.07, 6.45) is 20.2. The van der Waals surface area contributed by atoms with Gasteiger partial charge in [0, 0.05) is 38.1 Å². The second-order valence-corrected chi connectivity index (χ2v) is 18.8. The first-order chi connectivity index (χ1) is 35.0. The fourth-order valence-corrected chi connectivity index (χ4v) is 8.06. The molecule has 0 aliphatic rings. The number of ketones is 1. The predicted octanol–water partition coefficient (Wildman–Crippen LogP) is 2.28. The van der Waals surface area contributed by atoms with Crippen molar-refractivity contribution in [3.8, 4) is 5.75 Å². The van der Waals surface area contributed by atoms with Gasteiger partial charge in [-0.3, -0.25) is 34.1 Å². The fourth-order valence-electron chi connectivity index (χ4n) is 7.34. The maximum absolute atomic E-state index is 13.1. The standard InChI is InChI=1S/C50H86N10O11S.2H2O/c1-3-39(2)49(43(62)36-54-42(50(51)67)35-40-22-24-41(61)25-23-40)55-48(66)38-71-33-31-69-29-27-53-47(65)37-70-32-30-68-28-26-52-45(63)20-17-18-34-72-58-46(64)21-16-14-12-10-8-6-4-5-7-9-11-13-15-19-44-56-59-60-57-44;;/h22-25,39,42,49,54,61H,3-21,26-38H2,1-2H3,(H2,51,67)(H,52,63)(H,53,65)(H,55,66)(H,58,64)(H,56,57,59,60);2*1H2/t39-,42-,49-;;/m0../s1. The minimum Gasteiger partial charge on any atom is -0.508 e. The van der Waals surface area contributed by atoms with Crippen LogP contribution in [-0.2, 0) is 60.6 Å². The van der Waals surface area contributed by atoms with E-state index in [4.69, 9.17) is 24.7 Å². The number of carbonyl (C=O) groups excluding carboxylic acids is 6. The van der Waals surface area contributed by atoms with Crippen LogP contribution in [0.5, 0.6) is 5.75 Å². The van der Waals surface area contributed by atoms with Crippen molar-refractivity contribution in [1.82, 2.24) is 46.6 Å². The second kappa shape index (κ2) is 46.7. The van der Waals surface area contributed by atoms with Gasteiger partial charge in [0.15, 0.2) is 11.6 Å². The van der Waals surface area contributed by atoms with Gasteiger partial charge in [-0.25, -0.2) is 0 Å². The second-order valence-electron chi connectivity index (χ2n) is 17.9. The highest BCUT2D eigenvalue weighted by atomic mass is 32.2. The molecule has 23 nitrogen and oxygen atoms in total. The largest absolute Gasteiger partial charge is 0.508 e. The summed E-state index contributed by atoms with van der Waals surface area (Å²) in [5.41, 5.74) is 6.30. The van der Waals surface area contributed by atoms with Crippen LogP contribution in [0, 0.1) is 5.92 Å². The van der Waals surface area contributed by atoms with Crippen molar-refractivity contribution in [3.05, 3.63) is 35.7 Å². The van der Waals surface area contributed by atoms with E-state index in [1.165, 1.54) is 88.3 Å². The van der Waals surface area contributed by atoms with Crippen LogP contribution in [0.2, 0.25) is 0 Å². The quantitative estimate of drug-likeness (QED) is 0.0348. The van der Waals surface area contributed by atoms with E-state index < -0.39 is 23.9 Å². The number of unbranched alkanes of at least 4 members (excludes halogenated alkanes) is 13. The van der Waals surface area contributed by atoms with Crippen molar-refractivity contribution in [3.63, 3.8) is 0 Å². The number of nitrogens with one attached hydrogen (secondary N) is 6. The van der Waals surface area contributed by atoms with E-state index >= 15 is 0 Å². The van der Waals surface area contributed by atoms with E-state index in [-0.39, 0.29) is 112 Å². The molecule has 424 valence electrons. The third-order valence-corrected chi connectivity index (χ3v) is 12.6. The number of rotatable bonds is 48. The van der Waals surface area contributed by atoms with Gasteiger partial charge in [0.2, 0.25) is 29.5 Å². The van der Waals surface area contributed by atoms with Crippen LogP contribution in [-0.4, -0.2) is 162 Å². The maximum Gasteiger partial charge on any atom is 0.246 e. The zero-order valence-electron chi connectivity index (χ0n) is 44.0. The average molecular weight is 1070 g/mol. The molecule has 0 spiro atoms. The minimum absolute atomic E-state index is 0. The van der Waals surface area contributed by atoms with E-state index in [1.807, 2.05) is 13.8 Å². The number of tetrazole rings is 1. The lowest BCUT2D eigenvalue weighted by molar-refractivity contribution is -0.132. The van der Waals surface area contributed by atoms with Crippen molar-refractivity contribution < 1.29 is 63.8 Å². The molecule has 74 heavy (non-hydrogen) atoms. The highest BCUT2D eigenvalue weighted by molar-refractivity contribution is 7.97. The number of amides is 5. The van der Waals surface area contributed by atoms with Crippen LogP contribution in [0.3, 0.4) is 0 Å². The van der Waals surface area contributed by atoms with E-state index in [0.717, 1.165) is 55.7 Å². The number of nitrogens with zero attached hydrogens (tertiary/aromatic N) is 3. The SMILES string of the molecule is CC[C@H](C)[C@H](NC(=O)COCCOCCNC(=O)COCCOCCNC(=O)CCCCSNC(=O)CCCCCCCCCCCCCCCc1nn[nH]n1)C(=O)CN[C@@H](Cc1ccc(O)cc1)C(N)=O.O.O. The van der Waals surface area contributed by atoms with Crippen LogP contribution in [0.1, 0.15) is 141 Å². The molecule has 0 saturated carbocycles. The summed E-state index contributed by atoms with van der Waals surface area (Å²) in [5.74, 6) is -0.196. The summed E-state index contributed by atoms with van der Waals surface area (Å²) in [7, 11) is 0. The van der Waals surface area contributed by atoms with Crippen LogP contribution in [0.25, 0.3) is 0 Å². The smallest absolute Gasteiger partial charge is 0.246 e. The molecule has 13 N–H and O–H groups in total. The summed E-state index contributed by atoms with van der Waals surface area (Å²) in [6, 6.07) is 4.71. The number of phenolic OH excluding ortho intramolecular Hbond substituents is 1. The van der Waals surface area contributed by atoms with Gasteiger partial charge in [-0.15, -0.1) is 10.2 Å². The van der Waals surface area contributed by atoms with Gasteiger partial charge >= 0.3 is 0 Å². The molecule has 0 aliphatic heterocycles. The van der Waals surface area contributed by atoms with Crippen LogP contribution in [0.4, 0.5) is 0 Å². The topological polar surface area (TPSA) is 363 Å². The Morgan fingerprint density at radius 2 is 1.20 bits per heavy atom. The number of benzene rings is 1. The number of ether oxygens (including phenoxy) is 4. The van der Waals surface area contributed by atoms with Gasteiger partial charge in [-0.1, -0.05) is 120 Å². The highest BCUT2D eigenvalue weighted by Crippen LogP contribution is 2.15. The van der Waals surface area contributed by atoms with Crippen molar-refractivity contribution in [2.45, 2.75) is 154 Å². The van der Waals surface area contributed by atoms with Crippen LogP contribution in [0.15, 0.2) is 24.3 Å². The number of phenols is 1. The summed E-state index contributed by atoms with van der Waals surface area (Å²) in [6.45, 7) is 5.10. The molecular weight excluding hydrogens is 981 g/mol. The van der Waals surface area contributed by atoms with E-state index in [1.54, 1.807) is 12.1 Å². The molecule has 1 aromatic heterocycles. The first kappa shape index (κ1) is 69.2. The number of aromatic amines is 1. The number of hydrogen-bond acceptors (Lipinski definition) is 16. The monoisotopic (exact) mass is 1070 g/mol. The third-order valence-electron chi connectivity index (χ3n) is 11.7.